The van der Waals surface area contributed by atoms with Gasteiger partial charge in [-0.25, -0.2) is 0 Å². The van der Waals surface area contributed by atoms with Crippen molar-refractivity contribution >= 4 is 37.9 Å². The first kappa shape index (κ1) is 17.7. The van der Waals surface area contributed by atoms with E-state index in [1.165, 1.54) is 5.57 Å². The SMILES string of the molecule is CCOc1c(Br)cc(Br)cc1C=C(CC)CNC(C)C. The van der Waals surface area contributed by atoms with Gasteiger partial charge in [-0.3, -0.25) is 0 Å². The van der Waals surface area contributed by atoms with Crippen LogP contribution in [0.25, 0.3) is 6.08 Å². The van der Waals surface area contributed by atoms with E-state index in [1.807, 2.05) is 13.0 Å². The molecule has 4 heteroatoms. The van der Waals surface area contributed by atoms with Crippen molar-refractivity contribution in [2.75, 3.05) is 13.2 Å². The quantitative estimate of drug-likeness (QED) is 0.656. The van der Waals surface area contributed by atoms with E-state index in [4.69, 9.17) is 4.74 Å². The molecule has 1 rings (SSSR count). The molecule has 0 saturated carbocycles. The number of halogens is 2. The lowest BCUT2D eigenvalue weighted by Gasteiger charge is -2.14. The number of ether oxygens (including phenoxy) is 1. The van der Waals surface area contributed by atoms with Gasteiger partial charge in [0.05, 0.1) is 11.1 Å². The van der Waals surface area contributed by atoms with E-state index in [-0.39, 0.29) is 0 Å². The van der Waals surface area contributed by atoms with Crippen molar-refractivity contribution in [1.82, 2.24) is 5.32 Å². The summed E-state index contributed by atoms with van der Waals surface area (Å²) in [4.78, 5) is 0. The Hall–Kier alpha value is -0.320. The highest BCUT2D eigenvalue weighted by Crippen LogP contribution is 2.34. The van der Waals surface area contributed by atoms with Crippen molar-refractivity contribution in [3.8, 4) is 5.75 Å². The lowest BCUT2D eigenvalue weighted by atomic mass is 10.1. The Labute approximate surface area is 139 Å². The van der Waals surface area contributed by atoms with Crippen LogP contribution < -0.4 is 10.1 Å². The number of hydrogen-bond acceptors (Lipinski definition) is 2. The van der Waals surface area contributed by atoms with Crippen LogP contribution in [-0.2, 0) is 0 Å². The first-order valence-corrected chi connectivity index (χ1v) is 8.61. The number of nitrogens with one attached hydrogen (secondary N) is 1. The molecule has 1 aromatic carbocycles. The van der Waals surface area contributed by atoms with E-state index in [9.17, 15) is 0 Å². The Morgan fingerprint density at radius 1 is 1.30 bits per heavy atom. The average Bonchev–Trinajstić information content (AvgIpc) is 2.38. The summed E-state index contributed by atoms with van der Waals surface area (Å²) in [7, 11) is 0. The maximum absolute atomic E-state index is 5.76. The highest BCUT2D eigenvalue weighted by molar-refractivity contribution is 9.11. The van der Waals surface area contributed by atoms with Gasteiger partial charge in [-0.1, -0.05) is 48.4 Å². The van der Waals surface area contributed by atoms with Gasteiger partial charge in [0, 0.05) is 22.6 Å². The second-order valence-electron chi connectivity index (χ2n) is 4.93. The van der Waals surface area contributed by atoms with E-state index >= 15 is 0 Å². The number of hydrogen-bond donors (Lipinski definition) is 1. The van der Waals surface area contributed by atoms with Crippen LogP contribution in [0, 0.1) is 0 Å². The molecule has 0 atom stereocenters. The molecule has 112 valence electrons. The molecule has 0 fully saturated rings. The van der Waals surface area contributed by atoms with Gasteiger partial charge >= 0.3 is 0 Å². The zero-order valence-corrected chi connectivity index (χ0v) is 15.8. The summed E-state index contributed by atoms with van der Waals surface area (Å²) < 4.78 is 7.79. The zero-order chi connectivity index (χ0) is 15.1. The predicted molar refractivity (Wildman–Crippen MR) is 94.4 cm³/mol. The van der Waals surface area contributed by atoms with Gasteiger partial charge in [0.25, 0.3) is 0 Å². The third kappa shape index (κ3) is 5.58. The number of benzene rings is 1. The van der Waals surface area contributed by atoms with Crippen LogP contribution >= 0.6 is 31.9 Å². The van der Waals surface area contributed by atoms with Crippen molar-refractivity contribution in [3.63, 3.8) is 0 Å². The van der Waals surface area contributed by atoms with E-state index < -0.39 is 0 Å². The summed E-state index contributed by atoms with van der Waals surface area (Å²) in [6, 6.07) is 4.60. The third-order valence-electron chi connectivity index (χ3n) is 2.88. The molecule has 0 aliphatic carbocycles. The van der Waals surface area contributed by atoms with Crippen LogP contribution in [0.3, 0.4) is 0 Å². The summed E-state index contributed by atoms with van der Waals surface area (Å²) in [6.45, 7) is 10.1. The number of rotatable bonds is 7. The van der Waals surface area contributed by atoms with Crippen molar-refractivity contribution < 1.29 is 4.74 Å². The smallest absolute Gasteiger partial charge is 0.140 e. The molecule has 0 amide bonds. The molecule has 0 aliphatic heterocycles. The Morgan fingerprint density at radius 2 is 2.00 bits per heavy atom. The van der Waals surface area contributed by atoms with Crippen molar-refractivity contribution in [2.24, 2.45) is 0 Å². The Morgan fingerprint density at radius 3 is 2.55 bits per heavy atom. The predicted octanol–water partition coefficient (Wildman–Crippen LogP) is 5.40. The minimum Gasteiger partial charge on any atom is -0.492 e. The summed E-state index contributed by atoms with van der Waals surface area (Å²) in [5.41, 5.74) is 2.47. The summed E-state index contributed by atoms with van der Waals surface area (Å²) in [5.74, 6) is 0.909. The second-order valence-corrected chi connectivity index (χ2v) is 6.70. The highest BCUT2D eigenvalue weighted by Gasteiger charge is 2.09. The fraction of sp³-hybridized carbons (Fsp3) is 0.500. The topological polar surface area (TPSA) is 21.3 Å². The molecule has 0 radical (unpaired) electrons. The molecule has 0 unspecified atom stereocenters. The Bertz CT molecular complexity index is 470. The van der Waals surface area contributed by atoms with Crippen LogP contribution in [0.15, 0.2) is 26.7 Å². The molecule has 1 aromatic rings. The van der Waals surface area contributed by atoms with E-state index in [0.29, 0.717) is 12.6 Å². The normalized spacial score (nSPS) is 12.1. The minimum absolute atomic E-state index is 0.491. The van der Waals surface area contributed by atoms with Gasteiger partial charge in [0.2, 0.25) is 0 Å². The molecular weight excluding hydrogens is 382 g/mol. The van der Waals surface area contributed by atoms with Crippen molar-refractivity contribution in [3.05, 3.63) is 32.2 Å². The molecule has 0 bridgehead atoms. The summed E-state index contributed by atoms with van der Waals surface area (Å²) in [6.07, 6.45) is 3.24. The lowest BCUT2D eigenvalue weighted by Crippen LogP contribution is -2.24. The maximum atomic E-state index is 5.76. The molecule has 0 heterocycles. The molecule has 0 aromatic heterocycles. The molecule has 0 saturated heterocycles. The van der Waals surface area contributed by atoms with Crippen LogP contribution in [-0.4, -0.2) is 19.2 Å². The molecule has 0 spiro atoms. The Balaban J connectivity index is 3.08. The molecule has 2 nitrogen and oxygen atoms in total. The summed E-state index contributed by atoms with van der Waals surface area (Å²) in [5, 5.41) is 3.46. The van der Waals surface area contributed by atoms with E-state index in [0.717, 1.165) is 33.2 Å². The van der Waals surface area contributed by atoms with Crippen molar-refractivity contribution in [2.45, 2.75) is 40.2 Å². The van der Waals surface area contributed by atoms with Gasteiger partial charge in [0.1, 0.15) is 5.75 Å². The lowest BCUT2D eigenvalue weighted by molar-refractivity contribution is 0.337. The second kappa shape index (κ2) is 8.85. The van der Waals surface area contributed by atoms with E-state index in [1.54, 1.807) is 0 Å². The van der Waals surface area contributed by atoms with Crippen LogP contribution in [0.1, 0.15) is 39.7 Å². The zero-order valence-electron chi connectivity index (χ0n) is 12.6. The van der Waals surface area contributed by atoms with Crippen molar-refractivity contribution in [1.29, 1.82) is 0 Å². The van der Waals surface area contributed by atoms with Crippen LogP contribution in [0.5, 0.6) is 5.75 Å². The molecule has 20 heavy (non-hydrogen) atoms. The monoisotopic (exact) mass is 403 g/mol. The van der Waals surface area contributed by atoms with Gasteiger partial charge in [-0.2, -0.15) is 0 Å². The van der Waals surface area contributed by atoms with Crippen LogP contribution in [0.4, 0.5) is 0 Å². The van der Waals surface area contributed by atoms with Gasteiger partial charge in [0.15, 0.2) is 0 Å². The van der Waals surface area contributed by atoms with E-state index in [2.05, 4.69) is 70.1 Å². The standard InChI is InChI=1S/C16H23Br2NO/c1-5-12(10-19-11(3)4)7-13-8-14(17)9-15(18)16(13)20-6-2/h7-9,11,19H,5-6,10H2,1-4H3. The largest absolute Gasteiger partial charge is 0.492 e. The first-order valence-electron chi connectivity index (χ1n) is 7.02. The molecular formula is C16H23Br2NO. The Kier molecular flexibility index (Phi) is 7.85. The summed E-state index contributed by atoms with van der Waals surface area (Å²) >= 11 is 7.12. The average molecular weight is 405 g/mol. The first-order chi connectivity index (χ1) is 9.47. The molecule has 1 N–H and O–H groups in total. The maximum Gasteiger partial charge on any atom is 0.140 e. The van der Waals surface area contributed by atoms with Gasteiger partial charge in [-0.05, 0) is 41.4 Å². The molecule has 0 aliphatic rings. The van der Waals surface area contributed by atoms with Crippen LogP contribution in [0.2, 0.25) is 0 Å². The minimum atomic E-state index is 0.491. The third-order valence-corrected chi connectivity index (χ3v) is 3.92. The highest BCUT2D eigenvalue weighted by atomic mass is 79.9. The fourth-order valence-corrected chi connectivity index (χ4v) is 3.19. The fourth-order valence-electron chi connectivity index (χ4n) is 1.82. The van der Waals surface area contributed by atoms with Gasteiger partial charge < -0.3 is 10.1 Å². The van der Waals surface area contributed by atoms with Gasteiger partial charge in [-0.15, -0.1) is 0 Å².